The highest BCUT2D eigenvalue weighted by Gasteiger charge is 2.35. The van der Waals surface area contributed by atoms with Crippen molar-refractivity contribution in [2.24, 2.45) is 5.92 Å². The van der Waals surface area contributed by atoms with E-state index in [2.05, 4.69) is 10.3 Å². The maximum absolute atomic E-state index is 13.3. The lowest BCUT2D eigenvalue weighted by Gasteiger charge is -2.16. The van der Waals surface area contributed by atoms with Crippen LogP contribution in [0.2, 0.25) is 0 Å². The minimum absolute atomic E-state index is 0.146. The van der Waals surface area contributed by atoms with Crippen molar-refractivity contribution in [1.29, 1.82) is 0 Å². The molecule has 0 radical (unpaired) electrons. The van der Waals surface area contributed by atoms with Crippen LogP contribution in [-0.2, 0) is 16.1 Å². The fourth-order valence-corrected chi connectivity index (χ4v) is 2.65. The van der Waals surface area contributed by atoms with E-state index in [-0.39, 0.29) is 24.8 Å². The Balaban J connectivity index is 1.55. The summed E-state index contributed by atoms with van der Waals surface area (Å²) < 4.78 is 15.1. The number of rotatable bonds is 5. The first kappa shape index (κ1) is 15.2. The monoisotopic (exact) mass is 316 g/mol. The number of hydrogen-bond acceptors (Lipinski definition) is 3. The van der Waals surface area contributed by atoms with Crippen molar-refractivity contribution in [2.75, 3.05) is 18.0 Å². The highest BCUT2D eigenvalue weighted by molar-refractivity contribution is 6.00. The Labute approximate surface area is 132 Å². The second kappa shape index (κ2) is 6.60. The molecule has 0 bridgehead atoms. The molecule has 1 aliphatic heterocycles. The van der Waals surface area contributed by atoms with E-state index < -0.39 is 11.7 Å². The third kappa shape index (κ3) is 3.56. The molecule has 2 heterocycles. The predicted octanol–water partition coefficient (Wildman–Crippen LogP) is 1.19. The number of carbonyl (C=O) groups is 2. The van der Waals surface area contributed by atoms with Crippen LogP contribution in [0.15, 0.2) is 43.0 Å². The maximum atomic E-state index is 13.3. The van der Waals surface area contributed by atoms with Gasteiger partial charge in [-0.2, -0.15) is 0 Å². The Bertz CT molecular complexity index is 702. The fourth-order valence-electron chi connectivity index (χ4n) is 2.65. The Morgan fingerprint density at radius 3 is 3.04 bits per heavy atom. The van der Waals surface area contributed by atoms with E-state index in [1.165, 1.54) is 17.0 Å². The molecule has 6 nitrogen and oxygen atoms in total. The Morgan fingerprint density at radius 2 is 2.30 bits per heavy atom. The SMILES string of the molecule is O=C(NCCn1ccnc1)C1CC(=O)N(c2cccc(F)c2)C1. The van der Waals surface area contributed by atoms with E-state index >= 15 is 0 Å². The number of nitrogens with zero attached hydrogens (tertiary/aromatic N) is 3. The van der Waals surface area contributed by atoms with Crippen LogP contribution >= 0.6 is 0 Å². The van der Waals surface area contributed by atoms with E-state index in [4.69, 9.17) is 0 Å². The summed E-state index contributed by atoms with van der Waals surface area (Å²) in [6.45, 7) is 1.37. The van der Waals surface area contributed by atoms with Crippen LogP contribution in [0.4, 0.5) is 10.1 Å². The van der Waals surface area contributed by atoms with Gasteiger partial charge < -0.3 is 14.8 Å². The molecule has 0 spiro atoms. The quantitative estimate of drug-likeness (QED) is 0.901. The molecule has 1 saturated heterocycles. The lowest BCUT2D eigenvalue weighted by atomic mass is 10.1. The number of carbonyl (C=O) groups excluding carboxylic acids is 2. The number of benzene rings is 1. The van der Waals surface area contributed by atoms with Crippen molar-refractivity contribution in [3.63, 3.8) is 0 Å². The van der Waals surface area contributed by atoms with E-state index in [1.54, 1.807) is 24.7 Å². The topological polar surface area (TPSA) is 67.2 Å². The second-order valence-corrected chi connectivity index (χ2v) is 5.48. The molecule has 1 aromatic heterocycles. The van der Waals surface area contributed by atoms with Gasteiger partial charge in [0, 0.05) is 44.1 Å². The molecule has 120 valence electrons. The van der Waals surface area contributed by atoms with Gasteiger partial charge in [0.25, 0.3) is 0 Å². The Kier molecular flexibility index (Phi) is 4.36. The summed E-state index contributed by atoms with van der Waals surface area (Å²) >= 11 is 0. The zero-order valence-electron chi connectivity index (χ0n) is 12.5. The van der Waals surface area contributed by atoms with Crippen molar-refractivity contribution in [3.8, 4) is 0 Å². The fraction of sp³-hybridized carbons (Fsp3) is 0.312. The smallest absolute Gasteiger partial charge is 0.227 e. The van der Waals surface area contributed by atoms with Crippen molar-refractivity contribution in [3.05, 3.63) is 48.8 Å². The Hall–Kier alpha value is -2.70. The molecule has 2 aromatic rings. The van der Waals surface area contributed by atoms with Gasteiger partial charge in [-0.25, -0.2) is 9.37 Å². The van der Waals surface area contributed by atoms with Crippen molar-refractivity contribution in [1.82, 2.24) is 14.9 Å². The number of hydrogen-bond donors (Lipinski definition) is 1. The summed E-state index contributed by atoms with van der Waals surface area (Å²) in [4.78, 5) is 29.6. The van der Waals surface area contributed by atoms with Crippen LogP contribution in [0.3, 0.4) is 0 Å². The molecule has 23 heavy (non-hydrogen) atoms. The summed E-state index contributed by atoms with van der Waals surface area (Å²) in [6.07, 6.45) is 5.32. The second-order valence-electron chi connectivity index (χ2n) is 5.48. The van der Waals surface area contributed by atoms with Gasteiger partial charge in [0.15, 0.2) is 0 Å². The molecule has 0 saturated carbocycles. The first-order valence-electron chi connectivity index (χ1n) is 7.43. The molecule has 1 fully saturated rings. The number of nitrogens with one attached hydrogen (secondary N) is 1. The summed E-state index contributed by atoms with van der Waals surface area (Å²) in [5.74, 6) is -1.13. The molecule has 1 N–H and O–H groups in total. The minimum Gasteiger partial charge on any atom is -0.354 e. The van der Waals surface area contributed by atoms with E-state index in [0.717, 1.165) is 0 Å². The Morgan fingerprint density at radius 1 is 1.43 bits per heavy atom. The highest BCUT2D eigenvalue weighted by atomic mass is 19.1. The molecule has 1 aliphatic rings. The van der Waals surface area contributed by atoms with Gasteiger partial charge in [-0.3, -0.25) is 9.59 Å². The van der Waals surface area contributed by atoms with Gasteiger partial charge in [0.1, 0.15) is 5.82 Å². The largest absolute Gasteiger partial charge is 0.354 e. The van der Waals surface area contributed by atoms with Crippen molar-refractivity contribution >= 4 is 17.5 Å². The van der Waals surface area contributed by atoms with Gasteiger partial charge in [-0.05, 0) is 18.2 Å². The van der Waals surface area contributed by atoms with E-state index in [0.29, 0.717) is 18.8 Å². The van der Waals surface area contributed by atoms with Gasteiger partial charge in [-0.1, -0.05) is 6.07 Å². The molecule has 2 amide bonds. The molecule has 1 unspecified atom stereocenters. The average molecular weight is 316 g/mol. The third-order valence-corrected chi connectivity index (χ3v) is 3.84. The van der Waals surface area contributed by atoms with Crippen LogP contribution in [0, 0.1) is 11.7 Å². The van der Waals surface area contributed by atoms with Crippen molar-refractivity contribution < 1.29 is 14.0 Å². The standard InChI is InChI=1S/C16H17FN4O2/c17-13-2-1-3-14(9-13)21-10-12(8-15(21)22)16(23)19-5-7-20-6-4-18-11-20/h1-4,6,9,11-12H,5,7-8,10H2,(H,19,23). The van der Waals surface area contributed by atoms with Crippen LogP contribution in [0.1, 0.15) is 6.42 Å². The summed E-state index contributed by atoms with van der Waals surface area (Å²) in [7, 11) is 0. The summed E-state index contributed by atoms with van der Waals surface area (Å²) in [6, 6.07) is 5.85. The maximum Gasteiger partial charge on any atom is 0.227 e. The summed E-state index contributed by atoms with van der Waals surface area (Å²) in [5, 5.41) is 2.83. The number of imidazole rings is 1. The molecular weight excluding hydrogens is 299 g/mol. The zero-order valence-corrected chi connectivity index (χ0v) is 12.5. The summed E-state index contributed by atoms with van der Waals surface area (Å²) in [5.41, 5.74) is 0.490. The molecule has 1 aromatic carbocycles. The van der Waals surface area contributed by atoms with Gasteiger partial charge in [0.2, 0.25) is 11.8 Å². The number of halogens is 1. The van der Waals surface area contributed by atoms with Crippen LogP contribution in [0.5, 0.6) is 0 Å². The van der Waals surface area contributed by atoms with Crippen LogP contribution < -0.4 is 10.2 Å². The third-order valence-electron chi connectivity index (χ3n) is 3.84. The van der Waals surface area contributed by atoms with Crippen LogP contribution in [-0.4, -0.2) is 34.5 Å². The van der Waals surface area contributed by atoms with Gasteiger partial charge in [-0.15, -0.1) is 0 Å². The predicted molar refractivity (Wildman–Crippen MR) is 82.1 cm³/mol. The number of amides is 2. The molecular formula is C16H17FN4O2. The average Bonchev–Trinajstić information content (AvgIpc) is 3.16. The normalized spacial score (nSPS) is 17.5. The molecule has 1 atom stereocenters. The lowest BCUT2D eigenvalue weighted by molar-refractivity contribution is -0.126. The highest BCUT2D eigenvalue weighted by Crippen LogP contribution is 2.25. The van der Waals surface area contributed by atoms with Gasteiger partial charge in [0.05, 0.1) is 12.2 Å². The molecule has 0 aliphatic carbocycles. The molecule has 3 rings (SSSR count). The van der Waals surface area contributed by atoms with E-state index in [1.807, 2.05) is 10.8 Å². The van der Waals surface area contributed by atoms with Gasteiger partial charge >= 0.3 is 0 Å². The first-order valence-corrected chi connectivity index (χ1v) is 7.43. The van der Waals surface area contributed by atoms with Crippen LogP contribution in [0.25, 0.3) is 0 Å². The van der Waals surface area contributed by atoms with E-state index in [9.17, 15) is 14.0 Å². The minimum atomic E-state index is -0.409. The number of anilines is 1. The lowest BCUT2D eigenvalue weighted by Crippen LogP contribution is -2.34. The van der Waals surface area contributed by atoms with Crippen molar-refractivity contribution in [2.45, 2.75) is 13.0 Å². The number of aromatic nitrogens is 2. The first-order chi connectivity index (χ1) is 11.1. The molecule has 7 heteroatoms. The zero-order chi connectivity index (χ0) is 16.2.